The van der Waals surface area contributed by atoms with Crippen molar-refractivity contribution in [1.29, 1.82) is 0 Å². The molecule has 1 aliphatic carbocycles. The number of ketones is 1. The lowest BCUT2D eigenvalue weighted by Gasteiger charge is -2.39. The fourth-order valence-corrected chi connectivity index (χ4v) is 4.84. The Morgan fingerprint density at radius 1 is 1.09 bits per heavy atom. The molecule has 2 aliphatic rings. The fourth-order valence-electron chi connectivity index (χ4n) is 4.84. The van der Waals surface area contributed by atoms with Gasteiger partial charge in [-0.2, -0.15) is 0 Å². The van der Waals surface area contributed by atoms with Crippen molar-refractivity contribution in [3.05, 3.63) is 87.8 Å². The molecule has 1 N–H and O–H groups in total. The number of ether oxygens (including phenoxy) is 2. The summed E-state index contributed by atoms with van der Waals surface area (Å²) in [4.78, 5) is 26.7. The number of esters is 1. The second kappa shape index (κ2) is 8.89. The van der Waals surface area contributed by atoms with E-state index in [0.717, 1.165) is 40.3 Å². The van der Waals surface area contributed by atoms with E-state index in [2.05, 4.69) is 25.2 Å². The first kappa shape index (κ1) is 22.8. The van der Waals surface area contributed by atoms with Gasteiger partial charge in [-0.3, -0.25) is 4.79 Å². The Bertz CT molecular complexity index is 1150. The molecule has 1 aliphatic heterocycles. The Morgan fingerprint density at radius 3 is 2.48 bits per heavy atom. The molecule has 1 atom stereocenters. The third kappa shape index (κ3) is 4.72. The van der Waals surface area contributed by atoms with E-state index in [4.69, 9.17) is 9.47 Å². The summed E-state index contributed by atoms with van der Waals surface area (Å²) in [7, 11) is 1.61. The molecule has 0 radical (unpaired) electrons. The topological polar surface area (TPSA) is 64.6 Å². The maximum Gasteiger partial charge on any atom is 0.337 e. The molecule has 2 aromatic rings. The molecular weight excluding hydrogens is 414 g/mol. The van der Waals surface area contributed by atoms with Gasteiger partial charge >= 0.3 is 5.97 Å². The lowest BCUT2D eigenvalue weighted by molar-refractivity contribution is -0.140. The molecule has 0 bridgehead atoms. The highest BCUT2D eigenvalue weighted by Crippen LogP contribution is 2.46. The smallest absolute Gasteiger partial charge is 0.337 e. The zero-order valence-electron chi connectivity index (χ0n) is 20.0. The van der Waals surface area contributed by atoms with Crippen LogP contribution in [0, 0.1) is 12.3 Å². The average molecular weight is 446 g/mol. The van der Waals surface area contributed by atoms with Crippen LogP contribution in [0.15, 0.2) is 71.1 Å². The van der Waals surface area contributed by atoms with Gasteiger partial charge in [0, 0.05) is 29.3 Å². The van der Waals surface area contributed by atoms with Crippen molar-refractivity contribution in [3.63, 3.8) is 0 Å². The number of nitrogens with one attached hydrogen (secondary N) is 1. The zero-order chi connectivity index (χ0) is 23.8. The van der Waals surface area contributed by atoms with Crippen LogP contribution in [0.5, 0.6) is 5.75 Å². The van der Waals surface area contributed by atoms with E-state index in [-0.39, 0.29) is 17.8 Å². The Balaban J connectivity index is 1.69. The first-order valence-corrected chi connectivity index (χ1v) is 11.3. The van der Waals surface area contributed by atoms with Gasteiger partial charge in [0.05, 0.1) is 12.7 Å². The number of Topliss-reactive ketones (excluding diaryl/α,β-unsaturated/α-hetero) is 1. The molecule has 1 heterocycles. The van der Waals surface area contributed by atoms with Crippen molar-refractivity contribution < 1.29 is 19.1 Å². The number of hydrogen-bond donors (Lipinski definition) is 1. The summed E-state index contributed by atoms with van der Waals surface area (Å²) in [6, 6.07) is 15.5. The number of methoxy groups -OCH3 is 1. The van der Waals surface area contributed by atoms with Crippen molar-refractivity contribution in [1.82, 2.24) is 5.32 Å². The van der Waals surface area contributed by atoms with Crippen LogP contribution in [-0.2, 0) is 20.9 Å². The number of hydrogen-bond acceptors (Lipinski definition) is 5. The molecule has 0 amide bonds. The average Bonchev–Trinajstić information content (AvgIpc) is 2.76. The number of allylic oxidation sites excluding steroid dienone is 3. The third-order valence-corrected chi connectivity index (χ3v) is 6.36. The molecule has 0 spiro atoms. The van der Waals surface area contributed by atoms with Crippen molar-refractivity contribution in [3.8, 4) is 5.75 Å². The molecule has 33 heavy (non-hydrogen) atoms. The van der Waals surface area contributed by atoms with Gasteiger partial charge in [-0.15, -0.1) is 0 Å². The van der Waals surface area contributed by atoms with Crippen LogP contribution in [0.4, 0.5) is 0 Å². The van der Waals surface area contributed by atoms with Crippen LogP contribution in [0.1, 0.15) is 56.2 Å². The van der Waals surface area contributed by atoms with Gasteiger partial charge in [0.15, 0.2) is 5.78 Å². The van der Waals surface area contributed by atoms with Crippen LogP contribution in [0.25, 0.3) is 0 Å². The van der Waals surface area contributed by atoms with E-state index in [1.807, 2.05) is 56.3 Å². The fraction of sp³-hybridized carbons (Fsp3) is 0.357. The molecule has 0 saturated carbocycles. The first-order valence-electron chi connectivity index (χ1n) is 11.3. The Labute approximate surface area is 195 Å². The Morgan fingerprint density at radius 2 is 1.82 bits per heavy atom. The maximum atomic E-state index is 13.4. The van der Waals surface area contributed by atoms with E-state index in [0.29, 0.717) is 17.6 Å². The highest BCUT2D eigenvalue weighted by molar-refractivity contribution is 6.04. The summed E-state index contributed by atoms with van der Waals surface area (Å²) in [5.74, 6) is -0.00865. The number of carbonyl (C=O) groups is 2. The normalized spacial score (nSPS) is 19.7. The van der Waals surface area contributed by atoms with Crippen LogP contribution in [-0.4, -0.2) is 18.9 Å². The molecule has 0 saturated heterocycles. The number of dihydropyridines is 1. The number of benzene rings is 2. The zero-order valence-corrected chi connectivity index (χ0v) is 20.0. The minimum atomic E-state index is -0.437. The first-order chi connectivity index (χ1) is 15.7. The van der Waals surface area contributed by atoms with Crippen LogP contribution in [0.2, 0.25) is 0 Å². The minimum Gasteiger partial charge on any atom is -0.497 e. The number of carbonyl (C=O) groups excluding carboxylic acids is 2. The molecule has 2 aromatic carbocycles. The summed E-state index contributed by atoms with van der Waals surface area (Å²) in [5.41, 5.74) is 5.63. The summed E-state index contributed by atoms with van der Waals surface area (Å²) in [5, 5.41) is 3.38. The summed E-state index contributed by atoms with van der Waals surface area (Å²) in [6.07, 6.45) is 1.23. The molecular formula is C28H31NO4. The van der Waals surface area contributed by atoms with Crippen molar-refractivity contribution >= 4 is 11.8 Å². The lowest BCUT2D eigenvalue weighted by Crippen LogP contribution is -2.38. The van der Waals surface area contributed by atoms with E-state index in [1.54, 1.807) is 7.11 Å². The quantitative estimate of drug-likeness (QED) is 0.629. The number of rotatable bonds is 5. The van der Waals surface area contributed by atoms with Gasteiger partial charge < -0.3 is 14.8 Å². The predicted molar refractivity (Wildman–Crippen MR) is 128 cm³/mol. The van der Waals surface area contributed by atoms with E-state index in [9.17, 15) is 9.59 Å². The predicted octanol–water partition coefficient (Wildman–Crippen LogP) is 5.35. The minimum absolute atomic E-state index is 0.0909. The van der Waals surface area contributed by atoms with Crippen molar-refractivity contribution in [2.75, 3.05) is 7.11 Å². The highest BCUT2D eigenvalue weighted by Gasteiger charge is 2.43. The monoisotopic (exact) mass is 445 g/mol. The van der Waals surface area contributed by atoms with Crippen molar-refractivity contribution in [2.45, 2.75) is 53.1 Å². The van der Waals surface area contributed by atoms with Crippen LogP contribution in [0.3, 0.4) is 0 Å². The largest absolute Gasteiger partial charge is 0.497 e. The van der Waals surface area contributed by atoms with E-state index >= 15 is 0 Å². The van der Waals surface area contributed by atoms with Crippen molar-refractivity contribution in [2.24, 2.45) is 5.41 Å². The molecule has 0 fully saturated rings. The lowest BCUT2D eigenvalue weighted by atomic mass is 9.68. The third-order valence-electron chi connectivity index (χ3n) is 6.36. The Hall–Kier alpha value is -3.34. The highest BCUT2D eigenvalue weighted by atomic mass is 16.5. The second-order valence-electron chi connectivity index (χ2n) is 9.77. The van der Waals surface area contributed by atoms with Gasteiger partial charge in [0.1, 0.15) is 12.4 Å². The van der Waals surface area contributed by atoms with Gasteiger partial charge in [0.2, 0.25) is 0 Å². The standard InChI is InChI=1S/C28H31NO4/c1-17-7-6-8-20(13-17)25-24(27(31)33-16-19-9-11-21(32-5)12-10-19)18(2)29-22-14-28(3,4)15-23(30)26(22)25/h6-13,25,29H,14-16H2,1-5H3/t25-/m0/s1. The second-order valence-corrected chi connectivity index (χ2v) is 9.77. The van der Waals surface area contributed by atoms with Crippen LogP contribution >= 0.6 is 0 Å². The van der Waals surface area contributed by atoms with Gasteiger partial charge in [-0.1, -0.05) is 55.8 Å². The molecule has 5 heteroatoms. The molecule has 172 valence electrons. The van der Waals surface area contributed by atoms with E-state index in [1.165, 1.54) is 0 Å². The molecule has 0 aromatic heterocycles. The molecule has 5 nitrogen and oxygen atoms in total. The summed E-state index contributed by atoms with van der Waals surface area (Å²) < 4.78 is 10.9. The summed E-state index contributed by atoms with van der Waals surface area (Å²) >= 11 is 0. The van der Waals surface area contributed by atoms with Gasteiger partial charge in [-0.25, -0.2) is 4.79 Å². The Kier molecular flexibility index (Phi) is 6.15. The van der Waals surface area contributed by atoms with Gasteiger partial charge in [0.25, 0.3) is 0 Å². The summed E-state index contributed by atoms with van der Waals surface area (Å²) in [6.45, 7) is 8.27. The molecule has 0 unspecified atom stereocenters. The number of aryl methyl sites for hydroxylation is 1. The molecule has 4 rings (SSSR count). The van der Waals surface area contributed by atoms with Gasteiger partial charge in [-0.05, 0) is 48.9 Å². The SMILES string of the molecule is COc1ccc(COC(=O)C2=C(C)NC3=C(C(=O)CC(C)(C)C3)[C@H]2c2cccc(C)c2)cc1. The van der Waals surface area contributed by atoms with Crippen LogP contribution < -0.4 is 10.1 Å². The van der Waals surface area contributed by atoms with E-state index < -0.39 is 11.9 Å². The maximum absolute atomic E-state index is 13.4.